The molecular formula is C20H27NaO4. The van der Waals surface area contributed by atoms with Crippen molar-refractivity contribution in [3.05, 3.63) is 35.4 Å². The first-order valence-corrected chi connectivity index (χ1v) is 8.81. The van der Waals surface area contributed by atoms with Crippen LogP contribution in [0.4, 0.5) is 0 Å². The molecule has 3 aliphatic carbocycles. The van der Waals surface area contributed by atoms with E-state index in [9.17, 15) is 9.90 Å². The first-order chi connectivity index (χ1) is 11.3. The summed E-state index contributed by atoms with van der Waals surface area (Å²) in [5.41, 5.74) is 1.54. The molecule has 4 nitrogen and oxygen atoms in total. The summed E-state index contributed by atoms with van der Waals surface area (Å²) in [6.45, 7) is 3.31. The molecule has 3 fully saturated rings. The molecule has 0 amide bonds. The minimum atomic E-state index is -1.27. The van der Waals surface area contributed by atoms with Gasteiger partial charge in [-0.25, -0.2) is 0 Å². The van der Waals surface area contributed by atoms with Gasteiger partial charge in [-0.05, 0) is 68.9 Å². The van der Waals surface area contributed by atoms with Gasteiger partial charge in [0.1, 0.15) is 5.60 Å². The third-order valence-electron chi connectivity index (χ3n) is 6.27. The Bertz CT molecular complexity index is 584. The van der Waals surface area contributed by atoms with Gasteiger partial charge < -0.3 is 19.4 Å². The van der Waals surface area contributed by atoms with Gasteiger partial charge >= 0.3 is 29.6 Å². The van der Waals surface area contributed by atoms with Crippen LogP contribution in [0.2, 0.25) is 0 Å². The predicted octanol–water partition coefficient (Wildman–Crippen LogP) is -0.273. The number of carbonyl (C=O) groups is 1. The Hall–Kier alpha value is -0.390. The number of rotatable bonds is 6. The largest absolute Gasteiger partial charge is 1.00 e. The summed E-state index contributed by atoms with van der Waals surface area (Å²) in [5, 5.41) is 11.0. The molecule has 5 heteroatoms. The molecule has 1 aromatic carbocycles. The van der Waals surface area contributed by atoms with E-state index in [0.29, 0.717) is 5.41 Å². The summed E-state index contributed by atoms with van der Waals surface area (Å²) in [7, 11) is 1.85. The molecule has 3 saturated carbocycles. The standard InChI is InChI=1S/C20H28O4.Na/c1-18(2,17(21)22)24-14-15-4-6-16(7-5-15)19-8-11-20(23-3,12-9-19)13-10-19;/h4-7H,8-14H2,1-3H3,(H,21,22);/q;+1/p-1. The molecule has 0 aliphatic heterocycles. The van der Waals surface area contributed by atoms with E-state index < -0.39 is 11.6 Å². The van der Waals surface area contributed by atoms with Crippen molar-refractivity contribution in [1.29, 1.82) is 0 Å². The normalized spacial score (nSPS) is 28.4. The van der Waals surface area contributed by atoms with E-state index in [2.05, 4.69) is 24.3 Å². The van der Waals surface area contributed by atoms with Crippen molar-refractivity contribution < 1.29 is 48.9 Å². The van der Waals surface area contributed by atoms with Crippen LogP contribution in [0, 0.1) is 0 Å². The van der Waals surface area contributed by atoms with Crippen LogP contribution in [0.5, 0.6) is 0 Å². The fraction of sp³-hybridized carbons (Fsp3) is 0.650. The Morgan fingerprint density at radius 3 is 2.04 bits per heavy atom. The Balaban J connectivity index is 0.00000225. The Labute approximate surface area is 172 Å². The number of ether oxygens (including phenoxy) is 2. The molecule has 0 aromatic heterocycles. The van der Waals surface area contributed by atoms with E-state index >= 15 is 0 Å². The molecule has 1 aromatic rings. The van der Waals surface area contributed by atoms with Crippen molar-refractivity contribution in [3.8, 4) is 0 Å². The van der Waals surface area contributed by atoms with Crippen LogP contribution in [-0.2, 0) is 26.3 Å². The number of carboxylic acids is 1. The summed E-state index contributed by atoms with van der Waals surface area (Å²) in [6, 6.07) is 8.50. The minimum Gasteiger partial charge on any atom is -0.547 e. The van der Waals surface area contributed by atoms with Crippen LogP contribution < -0.4 is 34.7 Å². The van der Waals surface area contributed by atoms with Gasteiger partial charge in [0.15, 0.2) is 0 Å². The molecule has 2 bridgehead atoms. The van der Waals surface area contributed by atoms with Gasteiger partial charge in [0.05, 0.1) is 18.2 Å². The Kier molecular flexibility index (Phi) is 6.44. The van der Waals surface area contributed by atoms with Gasteiger partial charge in [0.25, 0.3) is 0 Å². The van der Waals surface area contributed by atoms with Crippen molar-refractivity contribution in [2.75, 3.05) is 7.11 Å². The summed E-state index contributed by atoms with van der Waals surface area (Å²) >= 11 is 0. The zero-order chi connectivity index (χ0) is 17.4. The van der Waals surface area contributed by atoms with E-state index in [-0.39, 0.29) is 41.8 Å². The van der Waals surface area contributed by atoms with Gasteiger partial charge in [-0.1, -0.05) is 24.3 Å². The van der Waals surface area contributed by atoms with Crippen molar-refractivity contribution in [3.63, 3.8) is 0 Å². The molecule has 3 aliphatic rings. The van der Waals surface area contributed by atoms with Gasteiger partial charge in [-0.2, -0.15) is 0 Å². The van der Waals surface area contributed by atoms with Gasteiger partial charge in [-0.15, -0.1) is 0 Å². The third-order valence-corrected chi connectivity index (χ3v) is 6.27. The zero-order valence-electron chi connectivity index (χ0n) is 15.9. The SMILES string of the molecule is COC12CCC(c3ccc(COC(C)(C)C(=O)[O-])cc3)(CC1)CC2.[Na+]. The molecule has 0 N–H and O–H groups in total. The average molecular weight is 354 g/mol. The molecule has 4 rings (SSSR count). The summed E-state index contributed by atoms with van der Waals surface area (Å²) in [4.78, 5) is 11.0. The number of hydrogen-bond donors (Lipinski definition) is 0. The summed E-state index contributed by atoms with van der Waals surface area (Å²) < 4.78 is 11.3. The topological polar surface area (TPSA) is 58.6 Å². The van der Waals surface area contributed by atoms with Crippen LogP contribution in [-0.4, -0.2) is 24.3 Å². The monoisotopic (exact) mass is 354 g/mol. The second kappa shape index (κ2) is 7.69. The number of fused-ring (bicyclic) bond motifs is 3. The van der Waals surface area contributed by atoms with Gasteiger partial charge in [-0.3, -0.25) is 0 Å². The summed E-state index contributed by atoms with van der Waals surface area (Å²) in [5.74, 6) is -1.19. The Morgan fingerprint density at radius 1 is 1.08 bits per heavy atom. The molecule has 132 valence electrons. The molecule has 0 saturated heterocycles. The van der Waals surface area contributed by atoms with Crippen molar-refractivity contribution >= 4 is 5.97 Å². The average Bonchev–Trinajstić information content (AvgIpc) is 2.62. The zero-order valence-corrected chi connectivity index (χ0v) is 17.9. The first kappa shape index (κ1) is 20.9. The van der Waals surface area contributed by atoms with Crippen LogP contribution in [0.15, 0.2) is 24.3 Å². The number of carboxylic acid groups (broad SMARTS) is 1. The molecule has 0 unspecified atom stereocenters. The second-order valence-corrected chi connectivity index (χ2v) is 7.95. The fourth-order valence-corrected chi connectivity index (χ4v) is 4.17. The van der Waals surface area contributed by atoms with Crippen LogP contribution in [0.3, 0.4) is 0 Å². The molecule has 0 heterocycles. The second-order valence-electron chi connectivity index (χ2n) is 7.95. The quantitative estimate of drug-likeness (QED) is 0.660. The van der Waals surface area contributed by atoms with E-state index in [1.165, 1.54) is 38.7 Å². The van der Waals surface area contributed by atoms with E-state index in [0.717, 1.165) is 24.8 Å². The number of carbonyl (C=O) groups excluding carboxylic acids is 1. The van der Waals surface area contributed by atoms with E-state index in [1.807, 2.05) is 7.11 Å². The predicted molar refractivity (Wildman–Crippen MR) is 89.4 cm³/mol. The maximum atomic E-state index is 11.0. The number of benzene rings is 1. The molecular weight excluding hydrogens is 327 g/mol. The maximum Gasteiger partial charge on any atom is 1.00 e. The number of aliphatic carboxylic acids is 1. The smallest absolute Gasteiger partial charge is 0.547 e. The molecule has 0 radical (unpaired) electrons. The fourth-order valence-electron chi connectivity index (χ4n) is 4.17. The number of hydrogen-bond acceptors (Lipinski definition) is 4. The van der Waals surface area contributed by atoms with Crippen LogP contribution in [0.25, 0.3) is 0 Å². The van der Waals surface area contributed by atoms with Gasteiger partial charge in [0, 0.05) is 7.11 Å². The molecule has 0 spiro atoms. The third kappa shape index (κ3) is 4.14. The van der Waals surface area contributed by atoms with E-state index in [1.54, 1.807) is 0 Å². The van der Waals surface area contributed by atoms with Gasteiger partial charge in [0.2, 0.25) is 0 Å². The number of methoxy groups -OCH3 is 1. The van der Waals surface area contributed by atoms with Crippen LogP contribution >= 0.6 is 0 Å². The van der Waals surface area contributed by atoms with Crippen LogP contribution in [0.1, 0.15) is 63.5 Å². The van der Waals surface area contributed by atoms with E-state index in [4.69, 9.17) is 9.47 Å². The van der Waals surface area contributed by atoms with Crippen molar-refractivity contribution in [2.24, 2.45) is 0 Å². The van der Waals surface area contributed by atoms with Crippen molar-refractivity contribution in [2.45, 2.75) is 75.6 Å². The first-order valence-electron chi connectivity index (χ1n) is 8.81. The minimum absolute atomic E-state index is 0. The maximum absolute atomic E-state index is 11.0. The van der Waals surface area contributed by atoms with Crippen molar-refractivity contribution in [1.82, 2.24) is 0 Å². The molecule has 25 heavy (non-hydrogen) atoms. The summed E-state index contributed by atoms with van der Waals surface area (Å²) in [6.07, 6.45) is 7.01. The molecule has 0 atom stereocenters. The Morgan fingerprint density at radius 2 is 1.60 bits per heavy atom.